The summed E-state index contributed by atoms with van der Waals surface area (Å²) in [5, 5.41) is 4.11. The van der Waals surface area contributed by atoms with E-state index in [1.165, 1.54) is 23.1 Å². The molecule has 1 saturated carbocycles. The van der Waals surface area contributed by atoms with Crippen LogP contribution in [0.25, 0.3) is 0 Å². The number of carbonyl (C=O) groups is 2. The molecule has 1 fully saturated rings. The van der Waals surface area contributed by atoms with Crippen molar-refractivity contribution in [3.63, 3.8) is 0 Å². The number of amides is 2. The van der Waals surface area contributed by atoms with Crippen LogP contribution in [0.4, 0.5) is 5.69 Å². The number of nitrogens with zero attached hydrogens (tertiary/aromatic N) is 2. The van der Waals surface area contributed by atoms with Gasteiger partial charge in [-0.25, -0.2) is 8.42 Å². The minimum Gasteiger partial charge on any atom is -0.352 e. The zero-order valence-electron chi connectivity index (χ0n) is 19.8. The van der Waals surface area contributed by atoms with E-state index in [4.69, 9.17) is 46.4 Å². The Hall–Kier alpha value is -1.71. The lowest BCUT2D eigenvalue weighted by Gasteiger charge is -2.32. The number of benzene rings is 2. The first-order chi connectivity index (χ1) is 16.9. The van der Waals surface area contributed by atoms with Crippen LogP contribution in [0.2, 0.25) is 20.1 Å². The predicted molar refractivity (Wildman–Crippen MR) is 146 cm³/mol. The SMILES string of the molecule is CC(C(=O)NC1CCCC1)N(Cc1ccc(Cl)cc1Cl)C(=O)CN(c1cc(Cl)ccc1Cl)S(C)(=O)=O. The fourth-order valence-corrected chi connectivity index (χ4v) is 5.84. The maximum Gasteiger partial charge on any atom is 0.244 e. The lowest BCUT2D eigenvalue weighted by molar-refractivity contribution is -0.139. The summed E-state index contributed by atoms with van der Waals surface area (Å²) in [7, 11) is -3.94. The van der Waals surface area contributed by atoms with Crippen LogP contribution in [0.15, 0.2) is 36.4 Å². The second-order valence-corrected chi connectivity index (χ2v) is 12.4. The van der Waals surface area contributed by atoms with Gasteiger partial charge in [0.2, 0.25) is 21.8 Å². The van der Waals surface area contributed by atoms with Crippen LogP contribution in [0, 0.1) is 0 Å². The highest BCUT2D eigenvalue weighted by atomic mass is 35.5. The van der Waals surface area contributed by atoms with Crippen LogP contribution >= 0.6 is 46.4 Å². The lowest BCUT2D eigenvalue weighted by Crippen LogP contribution is -2.52. The van der Waals surface area contributed by atoms with Crippen LogP contribution in [0.1, 0.15) is 38.2 Å². The molecule has 0 heterocycles. The zero-order valence-corrected chi connectivity index (χ0v) is 23.6. The summed E-state index contributed by atoms with van der Waals surface area (Å²) >= 11 is 24.7. The van der Waals surface area contributed by atoms with Gasteiger partial charge in [-0.1, -0.05) is 65.3 Å². The van der Waals surface area contributed by atoms with Gasteiger partial charge in [0.15, 0.2) is 0 Å². The lowest BCUT2D eigenvalue weighted by atomic mass is 10.1. The largest absolute Gasteiger partial charge is 0.352 e. The van der Waals surface area contributed by atoms with E-state index in [9.17, 15) is 18.0 Å². The van der Waals surface area contributed by atoms with Gasteiger partial charge in [-0.05, 0) is 55.7 Å². The van der Waals surface area contributed by atoms with Gasteiger partial charge in [-0.2, -0.15) is 0 Å². The summed E-state index contributed by atoms with van der Waals surface area (Å²) < 4.78 is 26.2. The molecule has 1 unspecified atom stereocenters. The minimum absolute atomic E-state index is 0.0328. The number of sulfonamides is 1. The van der Waals surface area contributed by atoms with Gasteiger partial charge in [-0.15, -0.1) is 0 Å². The summed E-state index contributed by atoms with van der Waals surface area (Å²) in [6, 6.07) is 8.31. The summed E-state index contributed by atoms with van der Waals surface area (Å²) in [6.07, 6.45) is 4.79. The van der Waals surface area contributed by atoms with Crippen molar-refractivity contribution < 1.29 is 18.0 Å². The van der Waals surface area contributed by atoms with Crippen molar-refractivity contribution >= 4 is 73.9 Å². The van der Waals surface area contributed by atoms with Gasteiger partial charge >= 0.3 is 0 Å². The standard InChI is InChI=1S/C24H27Cl4N3O4S/c1-15(24(33)29-19-5-3-4-6-19)30(13-16-7-8-17(25)11-21(16)28)23(32)14-31(36(2,34)35)22-12-18(26)9-10-20(22)27/h7-12,15,19H,3-6,13-14H2,1-2H3,(H,29,33). The normalized spacial score (nSPS) is 14.9. The van der Waals surface area contributed by atoms with Crippen molar-refractivity contribution in [2.75, 3.05) is 17.1 Å². The molecular formula is C24H27Cl4N3O4S. The monoisotopic (exact) mass is 593 g/mol. The first kappa shape index (κ1) is 28.9. The van der Waals surface area contributed by atoms with Crippen molar-refractivity contribution in [3.8, 4) is 0 Å². The molecule has 1 aliphatic rings. The van der Waals surface area contributed by atoms with Gasteiger partial charge < -0.3 is 10.2 Å². The molecule has 7 nitrogen and oxygen atoms in total. The van der Waals surface area contributed by atoms with Crippen LogP contribution < -0.4 is 9.62 Å². The van der Waals surface area contributed by atoms with Gasteiger partial charge in [0, 0.05) is 27.7 Å². The number of carbonyl (C=O) groups excluding carboxylic acids is 2. The third-order valence-corrected chi connectivity index (χ3v) is 8.35. The Bertz CT molecular complexity index is 1240. The summed E-state index contributed by atoms with van der Waals surface area (Å²) in [6.45, 7) is 0.975. The molecule has 12 heteroatoms. The number of nitrogens with one attached hydrogen (secondary N) is 1. The van der Waals surface area contributed by atoms with Crippen LogP contribution in [0.5, 0.6) is 0 Å². The molecular weight excluding hydrogens is 568 g/mol. The second-order valence-electron chi connectivity index (χ2n) is 8.79. The van der Waals surface area contributed by atoms with E-state index in [1.54, 1.807) is 25.1 Å². The summed E-state index contributed by atoms with van der Waals surface area (Å²) in [4.78, 5) is 28.0. The highest BCUT2D eigenvalue weighted by molar-refractivity contribution is 7.92. The number of anilines is 1. The second kappa shape index (κ2) is 12.2. The van der Waals surface area contributed by atoms with Gasteiger partial charge in [0.05, 0.1) is 17.0 Å². The third-order valence-electron chi connectivity index (χ3n) is 6.08. The molecule has 3 rings (SSSR count). The number of rotatable bonds is 9. The Morgan fingerprint density at radius 3 is 2.22 bits per heavy atom. The zero-order chi connectivity index (χ0) is 26.6. The molecule has 36 heavy (non-hydrogen) atoms. The average Bonchev–Trinajstić information content (AvgIpc) is 3.30. The number of hydrogen-bond acceptors (Lipinski definition) is 4. The van der Waals surface area contributed by atoms with Gasteiger partial charge in [-0.3, -0.25) is 13.9 Å². The molecule has 2 aromatic carbocycles. The van der Waals surface area contributed by atoms with Crippen molar-refractivity contribution in [3.05, 3.63) is 62.1 Å². The van der Waals surface area contributed by atoms with E-state index < -0.39 is 28.5 Å². The van der Waals surface area contributed by atoms with Crippen molar-refractivity contribution in [1.82, 2.24) is 10.2 Å². The molecule has 0 bridgehead atoms. The Morgan fingerprint density at radius 2 is 1.61 bits per heavy atom. The van der Waals surface area contributed by atoms with E-state index in [0.29, 0.717) is 15.6 Å². The highest BCUT2D eigenvalue weighted by Gasteiger charge is 2.32. The average molecular weight is 595 g/mol. The van der Waals surface area contributed by atoms with E-state index in [1.807, 2.05) is 0 Å². The third kappa shape index (κ3) is 7.42. The molecule has 0 spiro atoms. The van der Waals surface area contributed by atoms with Crippen molar-refractivity contribution in [2.45, 2.75) is 51.2 Å². The molecule has 0 saturated heterocycles. The smallest absolute Gasteiger partial charge is 0.244 e. The first-order valence-electron chi connectivity index (χ1n) is 11.3. The van der Waals surface area contributed by atoms with Crippen molar-refractivity contribution in [1.29, 1.82) is 0 Å². The quantitative estimate of drug-likeness (QED) is 0.413. The molecule has 0 aromatic heterocycles. The molecule has 196 valence electrons. The maximum absolute atomic E-state index is 13.6. The minimum atomic E-state index is -3.94. The molecule has 0 radical (unpaired) electrons. The Morgan fingerprint density at radius 1 is 1.00 bits per heavy atom. The predicted octanol–water partition coefficient (Wildman–Crippen LogP) is 5.54. The first-order valence-corrected chi connectivity index (χ1v) is 14.7. The summed E-state index contributed by atoms with van der Waals surface area (Å²) in [5.41, 5.74) is 0.620. The Balaban J connectivity index is 1.94. The number of hydrogen-bond donors (Lipinski definition) is 1. The molecule has 2 aromatic rings. The molecule has 1 aliphatic carbocycles. The van der Waals surface area contributed by atoms with E-state index >= 15 is 0 Å². The highest BCUT2D eigenvalue weighted by Crippen LogP contribution is 2.31. The molecule has 2 amide bonds. The van der Waals surface area contributed by atoms with Gasteiger partial charge in [0.25, 0.3) is 0 Å². The molecule has 0 aliphatic heterocycles. The summed E-state index contributed by atoms with van der Waals surface area (Å²) in [5.74, 6) is -0.941. The fraction of sp³-hybridized carbons (Fsp3) is 0.417. The molecule has 1 atom stereocenters. The fourth-order valence-electron chi connectivity index (χ4n) is 4.08. The van der Waals surface area contributed by atoms with Crippen LogP contribution in [-0.2, 0) is 26.2 Å². The Kier molecular flexibility index (Phi) is 9.80. The topological polar surface area (TPSA) is 86.8 Å². The van der Waals surface area contributed by atoms with E-state index in [2.05, 4.69) is 5.32 Å². The van der Waals surface area contributed by atoms with E-state index in [-0.39, 0.29) is 34.2 Å². The maximum atomic E-state index is 13.6. The van der Waals surface area contributed by atoms with Gasteiger partial charge in [0.1, 0.15) is 12.6 Å². The van der Waals surface area contributed by atoms with E-state index in [0.717, 1.165) is 36.2 Å². The molecule has 1 N–H and O–H groups in total. The van der Waals surface area contributed by atoms with Crippen LogP contribution in [-0.4, -0.2) is 50.0 Å². The van der Waals surface area contributed by atoms with Crippen LogP contribution in [0.3, 0.4) is 0 Å². The number of halogens is 4. The Labute approximate surface area is 231 Å². The van der Waals surface area contributed by atoms with Crippen molar-refractivity contribution in [2.24, 2.45) is 0 Å².